The summed E-state index contributed by atoms with van der Waals surface area (Å²) in [5.74, 6) is 0. The third kappa shape index (κ3) is 1.19. The predicted octanol–water partition coefficient (Wildman–Crippen LogP) is 2.96. The summed E-state index contributed by atoms with van der Waals surface area (Å²) >= 11 is 0. The van der Waals surface area contributed by atoms with Crippen molar-refractivity contribution in [1.29, 1.82) is 0 Å². The second-order valence-corrected chi connectivity index (χ2v) is 4.99. The van der Waals surface area contributed by atoms with Crippen molar-refractivity contribution in [3.05, 3.63) is 59.7 Å². The van der Waals surface area contributed by atoms with E-state index < -0.39 is 0 Å². The monoisotopic (exact) mass is 238 g/mol. The molecular formula is C16H14O2. The Morgan fingerprint density at radius 3 is 1.78 bits per heavy atom. The Balaban J connectivity index is 2.03. The van der Waals surface area contributed by atoms with Gasteiger partial charge in [-0.25, -0.2) is 0 Å². The summed E-state index contributed by atoms with van der Waals surface area (Å²) in [6.45, 7) is 1.83. The van der Waals surface area contributed by atoms with Crippen LogP contribution in [-0.4, -0.2) is 20.0 Å². The molecule has 0 aromatic heterocycles. The first-order chi connectivity index (χ1) is 8.92. The lowest BCUT2D eigenvalue weighted by Crippen LogP contribution is -2.40. The fourth-order valence-corrected chi connectivity index (χ4v) is 3.26. The molecule has 0 N–H and O–H groups in total. The quantitative estimate of drug-likeness (QED) is 0.702. The van der Waals surface area contributed by atoms with E-state index in [1.165, 1.54) is 22.3 Å². The summed E-state index contributed by atoms with van der Waals surface area (Å²) in [7, 11) is 0. The van der Waals surface area contributed by atoms with Gasteiger partial charge in [-0.3, -0.25) is 0 Å². The summed E-state index contributed by atoms with van der Waals surface area (Å²) < 4.78 is 11.2. The number of benzene rings is 2. The van der Waals surface area contributed by atoms with Crippen LogP contribution in [0.4, 0.5) is 0 Å². The van der Waals surface area contributed by atoms with Crippen LogP contribution in [0.15, 0.2) is 48.5 Å². The van der Waals surface area contributed by atoms with Crippen LogP contribution < -0.4 is 0 Å². The third-order valence-corrected chi connectivity index (χ3v) is 4.04. The molecule has 0 amide bonds. The van der Waals surface area contributed by atoms with Crippen molar-refractivity contribution < 1.29 is 9.47 Å². The molecule has 2 heteroatoms. The van der Waals surface area contributed by atoms with Crippen LogP contribution in [0, 0.1) is 0 Å². The van der Waals surface area contributed by atoms with E-state index in [0.717, 1.165) is 0 Å². The molecule has 0 atom stereocenters. The molecule has 0 unspecified atom stereocenters. The van der Waals surface area contributed by atoms with E-state index >= 15 is 0 Å². The lowest BCUT2D eigenvalue weighted by atomic mass is 9.79. The highest BCUT2D eigenvalue weighted by Crippen LogP contribution is 2.49. The van der Waals surface area contributed by atoms with E-state index in [-0.39, 0.29) is 5.41 Å². The molecule has 4 rings (SSSR count). The van der Waals surface area contributed by atoms with Crippen molar-refractivity contribution in [3.8, 4) is 11.1 Å². The Morgan fingerprint density at radius 1 is 0.722 bits per heavy atom. The van der Waals surface area contributed by atoms with Crippen LogP contribution in [0.25, 0.3) is 11.1 Å². The molecule has 1 aliphatic carbocycles. The first-order valence-electron chi connectivity index (χ1n) is 6.27. The van der Waals surface area contributed by atoms with Crippen LogP contribution in [0.2, 0.25) is 0 Å². The average Bonchev–Trinajstić information content (AvgIpc) is 2.72. The normalized spacial score (nSPS) is 19.6. The van der Waals surface area contributed by atoms with Crippen molar-refractivity contribution in [2.24, 2.45) is 0 Å². The van der Waals surface area contributed by atoms with Crippen LogP contribution in [-0.2, 0) is 14.9 Å². The molecule has 1 heterocycles. The van der Waals surface area contributed by atoms with Gasteiger partial charge in [0.1, 0.15) is 6.79 Å². The first-order valence-corrected chi connectivity index (χ1v) is 6.27. The molecule has 2 aromatic rings. The molecule has 1 saturated heterocycles. The molecule has 2 aliphatic rings. The molecule has 0 saturated carbocycles. The van der Waals surface area contributed by atoms with Crippen LogP contribution in [0.1, 0.15) is 11.1 Å². The van der Waals surface area contributed by atoms with Gasteiger partial charge in [-0.15, -0.1) is 0 Å². The lowest BCUT2D eigenvalue weighted by Gasteiger charge is -2.35. The molecule has 90 valence electrons. The van der Waals surface area contributed by atoms with Gasteiger partial charge in [0, 0.05) is 0 Å². The van der Waals surface area contributed by atoms with E-state index in [9.17, 15) is 0 Å². The Labute approximate surface area is 106 Å². The summed E-state index contributed by atoms with van der Waals surface area (Å²) in [6.07, 6.45) is 0. The molecule has 0 bridgehead atoms. The number of hydrogen-bond acceptors (Lipinski definition) is 2. The average molecular weight is 238 g/mol. The zero-order valence-electron chi connectivity index (χ0n) is 10.1. The molecular weight excluding hydrogens is 224 g/mol. The zero-order chi connectivity index (χ0) is 12.0. The molecule has 2 aromatic carbocycles. The van der Waals surface area contributed by atoms with Gasteiger partial charge in [0.05, 0.1) is 18.6 Å². The van der Waals surface area contributed by atoms with Crippen LogP contribution in [0.5, 0.6) is 0 Å². The molecule has 18 heavy (non-hydrogen) atoms. The van der Waals surface area contributed by atoms with Gasteiger partial charge in [0.15, 0.2) is 0 Å². The van der Waals surface area contributed by atoms with E-state index in [1.54, 1.807) is 0 Å². The Bertz CT molecular complexity index is 550. The zero-order valence-corrected chi connectivity index (χ0v) is 10.1. The highest BCUT2D eigenvalue weighted by atomic mass is 16.7. The first kappa shape index (κ1) is 10.3. The van der Waals surface area contributed by atoms with Crippen molar-refractivity contribution in [2.75, 3.05) is 20.0 Å². The Kier molecular flexibility index (Phi) is 2.10. The summed E-state index contributed by atoms with van der Waals surface area (Å²) in [5.41, 5.74) is 5.21. The van der Waals surface area contributed by atoms with Gasteiger partial charge in [-0.2, -0.15) is 0 Å². The van der Waals surface area contributed by atoms with Gasteiger partial charge in [0.25, 0.3) is 0 Å². The molecule has 1 fully saturated rings. The van der Waals surface area contributed by atoms with Crippen LogP contribution in [0.3, 0.4) is 0 Å². The maximum absolute atomic E-state index is 5.60. The standard InChI is InChI=1S/C16H14O2/c1-3-7-14-12(5-1)13-6-2-4-8-15(13)16(14)9-17-11-18-10-16/h1-8H,9-11H2. The minimum absolute atomic E-state index is 0.106. The number of hydrogen-bond donors (Lipinski definition) is 0. The van der Waals surface area contributed by atoms with Crippen molar-refractivity contribution in [3.63, 3.8) is 0 Å². The minimum Gasteiger partial charge on any atom is -0.354 e. The number of rotatable bonds is 0. The van der Waals surface area contributed by atoms with E-state index in [4.69, 9.17) is 9.47 Å². The topological polar surface area (TPSA) is 18.5 Å². The van der Waals surface area contributed by atoms with Crippen LogP contribution >= 0.6 is 0 Å². The minimum atomic E-state index is -0.106. The second kappa shape index (κ2) is 3.67. The van der Waals surface area contributed by atoms with Gasteiger partial charge in [-0.05, 0) is 22.3 Å². The number of ether oxygens (including phenoxy) is 2. The smallest absolute Gasteiger partial charge is 0.146 e. The summed E-state index contributed by atoms with van der Waals surface area (Å²) in [6, 6.07) is 17.2. The van der Waals surface area contributed by atoms with Gasteiger partial charge < -0.3 is 9.47 Å². The fourth-order valence-electron chi connectivity index (χ4n) is 3.26. The number of fused-ring (bicyclic) bond motifs is 5. The molecule has 1 spiro atoms. The SMILES string of the molecule is c1ccc2c(c1)-c1ccccc1C21COCOC1. The Hall–Kier alpha value is -1.64. The summed E-state index contributed by atoms with van der Waals surface area (Å²) in [5, 5.41) is 0. The van der Waals surface area contributed by atoms with E-state index in [1.807, 2.05) is 0 Å². The van der Waals surface area contributed by atoms with Crippen molar-refractivity contribution >= 4 is 0 Å². The fraction of sp³-hybridized carbons (Fsp3) is 0.250. The lowest BCUT2D eigenvalue weighted by molar-refractivity contribution is -0.127. The molecule has 2 nitrogen and oxygen atoms in total. The predicted molar refractivity (Wildman–Crippen MR) is 69.4 cm³/mol. The largest absolute Gasteiger partial charge is 0.354 e. The molecule has 0 radical (unpaired) electrons. The highest BCUT2D eigenvalue weighted by molar-refractivity contribution is 5.81. The van der Waals surface area contributed by atoms with Gasteiger partial charge in [-0.1, -0.05) is 48.5 Å². The maximum atomic E-state index is 5.60. The third-order valence-electron chi connectivity index (χ3n) is 4.04. The summed E-state index contributed by atoms with van der Waals surface area (Å²) in [4.78, 5) is 0. The van der Waals surface area contributed by atoms with E-state index in [0.29, 0.717) is 20.0 Å². The van der Waals surface area contributed by atoms with Gasteiger partial charge in [0.2, 0.25) is 0 Å². The highest BCUT2D eigenvalue weighted by Gasteiger charge is 2.45. The second-order valence-electron chi connectivity index (χ2n) is 4.99. The van der Waals surface area contributed by atoms with Gasteiger partial charge >= 0.3 is 0 Å². The van der Waals surface area contributed by atoms with E-state index in [2.05, 4.69) is 48.5 Å². The van der Waals surface area contributed by atoms with Crippen molar-refractivity contribution in [1.82, 2.24) is 0 Å². The molecule has 1 aliphatic heterocycles. The maximum Gasteiger partial charge on any atom is 0.146 e. The van der Waals surface area contributed by atoms with Crippen molar-refractivity contribution in [2.45, 2.75) is 5.41 Å². The Morgan fingerprint density at radius 2 is 1.22 bits per heavy atom.